The number of carbonyl (C=O) groups is 2. The van der Waals surface area contributed by atoms with Gasteiger partial charge in [0.25, 0.3) is 17.4 Å². The van der Waals surface area contributed by atoms with Gasteiger partial charge >= 0.3 is 0 Å². The Morgan fingerprint density at radius 2 is 2.08 bits per heavy atom. The molecule has 38 heavy (non-hydrogen) atoms. The summed E-state index contributed by atoms with van der Waals surface area (Å²) in [7, 11) is -3.96. The van der Waals surface area contributed by atoms with Crippen LogP contribution >= 0.6 is 11.3 Å². The van der Waals surface area contributed by atoms with Crippen molar-refractivity contribution in [1.82, 2.24) is 14.3 Å². The Hall–Kier alpha value is -3.97. The Labute approximate surface area is 219 Å². The van der Waals surface area contributed by atoms with Gasteiger partial charge in [-0.25, -0.2) is 17.5 Å². The van der Waals surface area contributed by atoms with E-state index in [4.69, 9.17) is 10.5 Å². The summed E-state index contributed by atoms with van der Waals surface area (Å²) in [5.74, 6) is -1.91. The molecule has 1 aromatic carbocycles. The van der Waals surface area contributed by atoms with Crippen molar-refractivity contribution in [2.24, 2.45) is 5.73 Å². The topological polar surface area (TPSA) is 153 Å². The first-order valence-electron chi connectivity index (χ1n) is 11.8. The quantitative estimate of drug-likeness (QED) is 0.318. The lowest BCUT2D eigenvalue weighted by atomic mass is 10.00. The molecule has 4 N–H and O–H groups in total. The van der Waals surface area contributed by atoms with Crippen LogP contribution in [0.2, 0.25) is 0 Å². The maximum absolute atomic E-state index is 15.2. The molecule has 0 atom stereocenters. The third kappa shape index (κ3) is 3.98. The number of nitrogens with two attached hydrogens (primary N) is 1. The third-order valence-electron chi connectivity index (χ3n) is 6.69. The number of aromatic nitrogens is 2. The molecule has 0 radical (unpaired) electrons. The predicted molar refractivity (Wildman–Crippen MR) is 138 cm³/mol. The van der Waals surface area contributed by atoms with Crippen molar-refractivity contribution in [3.63, 3.8) is 0 Å². The highest BCUT2D eigenvalue weighted by molar-refractivity contribution is 7.91. The molecule has 4 aromatic rings. The van der Waals surface area contributed by atoms with Gasteiger partial charge in [-0.15, -0.1) is 11.3 Å². The first kappa shape index (κ1) is 24.4. The standard InChI is InChI=1S/C25H21FN4O6S2/c26-16-9-17-20(22-14(16)5-7-36-22)19(15-2-1-6-28-24(15)32)21(25(33)29-38(34,35)13-3-4-13)30(17)10-12-8-18(23(27)31)37-11-12/h1-2,6,8-9,11,13H,3-5,7,10H2,(H2,27,31)(H,28,32)(H,29,33). The Morgan fingerprint density at radius 1 is 1.29 bits per heavy atom. The minimum atomic E-state index is -3.96. The second kappa shape index (κ2) is 8.81. The average Bonchev–Trinajstić information content (AvgIpc) is 3.30. The van der Waals surface area contributed by atoms with Crippen molar-refractivity contribution in [2.45, 2.75) is 31.1 Å². The summed E-state index contributed by atoms with van der Waals surface area (Å²) in [5.41, 5.74) is 6.10. The van der Waals surface area contributed by atoms with Crippen LogP contribution < -0.4 is 20.8 Å². The van der Waals surface area contributed by atoms with E-state index in [1.807, 2.05) is 0 Å². The number of rotatable bonds is 7. The summed E-state index contributed by atoms with van der Waals surface area (Å²) < 4.78 is 50.2. The Balaban J connectivity index is 1.67. The molecule has 0 bridgehead atoms. The van der Waals surface area contributed by atoms with Gasteiger partial charge in [0.15, 0.2) is 0 Å². The number of aromatic amines is 1. The van der Waals surface area contributed by atoms with Gasteiger partial charge in [0, 0.05) is 30.3 Å². The van der Waals surface area contributed by atoms with Crippen LogP contribution in [0.4, 0.5) is 4.39 Å². The molecule has 1 aliphatic heterocycles. The number of nitrogens with zero attached hydrogens (tertiary/aromatic N) is 1. The third-order valence-corrected chi connectivity index (χ3v) is 9.51. The number of primary amides is 1. The molecule has 196 valence electrons. The molecule has 4 heterocycles. The molecule has 1 fully saturated rings. The molecule has 13 heteroatoms. The SMILES string of the molecule is NC(=O)c1cc(Cn2c(C(=O)NS(=O)(=O)C3CC3)c(-c3ccc[nH]c3=O)c3c4c(c(F)cc32)CCO4)cs1. The number of carbonyl (C=O) groups excluding carboxylic acids is 2. The number of nitrogens with one attached hydrogen (secondary N) is 2. The van der Waals surface area contributed by atoms with Crippen LogP contribution in [0.5, 0.6) is 5.75 Å². The maximum Gasteiger partial charge on any atom is 0.282 e. The molecule has 0 saturated heterocycles. The summed E-state index contributed by atoms with van der Waals surface area (Å²) in [6, 6.07) is 5.89. The summed E-state index contributed by atoms with van der Waals surface area (Å²) in [6.07, 6.45) is 2.61. The van der Waals surface area contributed by atoms with Gasteiger partial charge in [-0.3, -0.25) is 14.4 Å². The van der Waals surface area contributed by atoms with Crippen molar-refractivity contribution in [3.8, 4) is 16.9 Å². The lowest BCUT2D eigenvalue weighted by molar-refractivity contribution is 0.0971. The Morgan fingerprint density at radius 3 is 2.76 bits per heavy atom. The van der Waals surface area contributed by atoms with Crippen molar-refractivity contribution >= 4 is 44.1 Å². The smallest absolute Gasteiger partial charge is 0.282 e. The molecule has 0 spiro atoms. The van der Waals surface area contributed by atoms with Crippen LogP contribution in [0.3, 0.4) is 0 Å². The highest BCUT2D eigenvalue weighted by atomic mass is 32.2. The van der Waals surface area contributed by atoms with Crippen LogP contribution in [0, 0.1) is 5.82 Å². The van der Waals surface area contributed by atoms with Crippen LogP contribution in [0.25, 0.3) is 22.0 Å². The van der Waals surface area contributed by atoms with Gasteiger partial charge in [0.2, 0.25) is 10.0 Å². The van der Waals surface area contributed by atoms with E-state index in [1.54, 1.807) is 17.5 Å². The predicted octanol–water partition coefficient (Wildman–Crippen LogP) is 2.50. The first-order valence-corrected chi connectivity index (χ1v) is 14.2. The molecule has 1 saturated carbocycles. The number of pyridine rings is 1. The van der Waals surface area contributed by atoms with Gasteiger partial charge in [-0.2, -0.15) is 0 Å². The average molecular weight is 557 g/mol. The number of hydrogen-bond donors (Lipinski definition) is 3. The fraction of sp³-hybridized carbons (Fsp3) is 0.240. The summed E-state index contributed by atoms with van der Waals surface area (Å²) >= 11 is 1.11. The van der Waals surface area contributed by atoms with Crippen molar-refractivity contribution in [3.05, 3.63) is 73.7 Å². The highest BCUT2D eigenvalue weighted by Gasteiger charge is 2.39. The van der Waals surface area contributed by atoms with Crippen LogP contribution in [0.15, 0.2) is 40.6 Å². The van der Waals surface area contributed by atoms with Gasteiger partial charge in [0.1, 0.15) is 17.3 Å². The fourth-order valence-corrected chi connectivity index (χ4v) is 6.86. The zero-order valence-corrected chi connectivity index (χ0v) is 21.4. The van der Waals surface area contributed by atoms with E-state index in [9.17, 15) is 22.8 Å². The van der Waals surface area contributed by atoms with E-state index in [2.05, 4.69) is 9.71 Å². The van der Waals surface area contributed by atoms with E-state index in [0.29, 0.717) is 35.8 Å². The number of sulfonamides is 1. The monoisotopic (exact) mass is 556 g/mol. The zero-order chi connectivity index (χ0) is 26.8. The number of H-pyrrole nitrogens is 1. The maximum atomic E-state index is 15.2. The van der Waals surface area contributed by atoms with Gasteiger partial charge in [-0.05, 0) is 48.1 Å². The molecule has 2 aliphatic rings. The minimum absolute atomic E-state index is 0.0323. The number of halogens is 1. The van der Waals surface area contributed by atoms with Crippen LogP contribution in [-0.2, 0) is 23.0 Å². The van der Waals surface area contributed by atoms with Crippen molar-refractivity contribution in [1.29, 1.82) is 0 Å². The van der Waals surface area contributed by atoms with Gasteiger partial charge < -0.3 is 20.0 Å². The minimum Gasteiger partial charge on any atom is -0.492 e. The number of benzene rings is 1. The van der Waals surface area contributed by atoms with E-state index >= 15 is 4.39 Å². The molecular weight excluding hydrogens is 535 g/mol. The van der Waals surface area contributed by atoms with Crippen LogP contribution in [-0.4, -0.2) is 41.6 Å². The Kier molecular flexibility index (Phi) is 5.65. The zero-order valence-electron chi connectivity index (χ0n) is 19.7. The number of amides is 2. The molecule has 6 rings (SSSR count). The molecule has 3 aromatic heterocycles. The highest BCUT2D eigenvalue weighted by Crippen LogP contribution is 2.45. The van der Waals surface area contributed by atoms with Crippen molar-refractivity contribution < 1.29 is 27.1 Å². The van der Waals surface area contributed by atoms with E-state index in [0.717, 1.165) is 11.3 Å². The number of fused-ring (bicyclic) bond motifs is 3. The molecule has 10 nitrogen and oxygen atoms in total. The largest absolute Gasteiger partial charge is 0.492 e. The summed E-state index contributed by atoms with van der Waals surface area (Å²) in [5, 5.41) is 1.33. The number of thiophene rings is 1. The summed E-state index contributed by atoms with van der Waals surface area (Å²) in [4.78, 5) is 41.3. The first-order chi connectivity index (χ1) is 18.2. The fourth-order valence-electron chi connectivity index (χ4n) is 4.82. The Bertz CT molecular complexity index is 1820. The van der Waals surface area contributed by atoms with E-state index in [1.165, 1.54) is 22.9 Å². The van der Waals surface area contributed by atoms with E-state index < -0.39 is 38.5 Å². The number of hydrogen-bond acceptors (Lipinski definition) is 7. The van der Waals surface area contributed by atoms with Gasteiger partial charge in [-0.1, -0.05) is 0 Å². The molecular formula is C25H21FN4O6S2. The van der Waals surface area contributed by atoms with Crippen LogP contribution in [0.1, 0.15) is 44.1 Å². The lowest BCUT2D eigenvalue weighted by Crippen LogP contribution is -2.35. The van der Waals surface area contributed by atoms with Gasteiger partial charge in [0.05, 0.1) is 33.2 Å². The molecule has 1 aliphatic carbocycles. The normalized spacial score (nSPS) is 14.9. The second-order valence-corrected chi connectivity index (χ2v) is 12.1. The summed E-state index contributed by atoms with van der Waals surface area (Å²) in [6.45, 7) is 0.181. The lowest BCUT2D eigenvalue weighted by Gasteiger charge is -2.12. The van der Waals surface area contributed by atoms with Crippen molar-refractivity contribution in [2.75, 3.05) is 6.61 Å². The molecule has 0 unspecified atom stereocenters. The second-order valence-electron chi connectivity index (χ2n) is 9.24. The number of ether oxygens (including phenoxy) is 1. The molecule has 2 amide bonds. The van der Waals surface area contributed by atoms with E-state index in [-0.39, 0.29) is 46.1 Å².